The first-order valence-electron chi connectivity index (χ1n) is 8.55. The Labute approximate surface area is 166 Å². The summed E-state index contributed by atoms with van der Waals surface area (Å²) in [5.74, 6) is -1.19. The van der Waals surface area contributed by atoms with Gasteiger partial charge in [-0.05, 0) is 50.3 Å². The fraction of sp³-hybridized carbons (Fsp3) is 0.300. The minimum atomic E-state index is -1.82. The topological polar surface area (TPSA) is 87.1 Å². The van der Waals surface area contributed by atoms with E-state index >= 15 is 0 Å². The number of carbonyl (C=O) groups is 2. The van der Waals surface area contributed by atoms with Crippen LogP contribution in [0, 0.1) is 5.82 Å². The number of carboxylic acid groups (broad SMARTS) is 2. The number of rotatable bonds is 4. The zero-order valence-corrected chi connectivity index (χ0v) is 16.4. The molecule has 0 fully saturated rings. The molecule has 0 aromatic heterocycles. The van der Waals surface area contributed by atoms with Crippen molar-refractivity contribution in [2.75, 3.05) is 26.4 Å². The minimum absolute atomic E-state index is 0.202. The Bertz CT molecular complexity index is 831. The SMILES string of the molecule is CN(C)CCSC1Cc2ccccc2Oc2ccc(F)cc21.O=C(O)C(=O)O. The molecule has 28 heavy (non-hydrogen) atoms. The number of carboxylic acids is 2. The average molecular weight is 407 g/mol. The van der Waals surface area contributed by atoms with Crippen molar-refractivity contribution in [2.24, 2.45) is 0 Å². The second kappa shape index (κ2) is 10.1. The molecule has 1 aliphatic rings. The first-order valence-corrected chi connectivity index (χ1v) is 9.60. The Kier molecular flexibility index (Phi) is 7.83. The number of halogens is 1. The first kappa shape index (κ1) is 21.7. The Hall–Kier alpha value is -2.58. The molecule has 0 bridgehead atoms. The highest BCUT2D eigenvalue weighted by Gasteiger charge is 2.24. The van der Waals surface area contributed by atoms with Crippen LogP contribution in [0.15, 0.2) is 42.5 Å². The van der Waals surface area contributed by atoms with Crippen LogP contribution in [0.2, 0.25) is 0 Å². The molecule has 8 heteroatoms. The molecular formula is C20H22FNO5S. The number of nitrogens with zero attached hydrogens (tertiary/aromatic N) is 1. The predicted octanol–water partition coefficient (Wildman–Crippen LogP) is 3.67. The molecular weight excluding hydrogens is 385 g/mol. The van der Waals surface area contributed by atoms with Gasteiger partial charge >= 0.3 is 11.9 Å². The van der Waals surface area contributed by atoms with Crippen LogP contribution in [0.25, 0.3) is 0 Å². The third kappa shape index (κ3) is 6.24. The van der Waals surface area contributed by atoms with E-state index in [0.29, 0.717) is 0 Å². The van der Waals surface area contributed by atoms with Gasteiger partial charge < -0.3 is 19.8 Å². The Morgan fingerprint density at radius 1 is 1.14 bits per heavy atom. The molecule has 1 atom stereocenters. The lowest BCUT2D eigenvalue weighted by Gasteiger charge is -2.18. The molecule has 0 saturated carbocycles. The normalized spacial score (nSPS) is 14.6. The van der Waals surface area contributed by atoms with Crippen LogP contribution in [0.5, 0.6) is 11.5 Å². The number of aliphatic carboxylic acids is 2. The largest absolute Gasteiger partial charge is 0.473 e. The number of hydrogen-bond donors (Lipinski definition) is 2. The molecule has 2 N–H and O–H groups in total. The second-order valence-corrected chi connectivity index (χ2v) is 7.68. The quantitative estimate of drug-likeness (QED) is 0.748. The van der Waals surface area contributed by atoms with Crippen LogP contribution in [0.3, 0.4) is 0 Å². The third-order valence-corrected chi connectivity index (χ3v) is 5.20. The van der Waals surface area contributed by atoms with Gasteiger partial charge in [-0.15, -0.1) is 0 Å². The molecule has 0 radical (unpaired) electrons. The number of thioether (sulfide) groups is 1. The summed E-state index contributed by atoms with van der Waals surface area (Å²) < 4.78 is 19.7. The fourth-order valence-corrected chi connectivity index (χ4v) is 4.01. The molecule has 0 aliphatic carbocycles. The molecule has 150 valence electrons. The standard InChI is InChI=1S/C18H20FNOS.C2H2O4/c1-20(2)9-10-22-18-11-13-5-3-4-6-16(13)21-17-8-7-14(19)12-15(17)18;3-1(4)2(5)6/h3-8,12,18H,9-11H2,1-2H3;(H,3,4)(H,5,6). The van der Waals surface area contributed by atoms with Crippen molar-refractivity contribution < 1.29 is 28.9 Å². The molecule has 1 heterocycles. The van der Waals surface area contributed by atoms with Crippen LogP contribution in [0.4, 0.5) is 4.39 Å². The zero-order chi connectivity index (χ0) is 20.7. The Morgan fingerprint density at radius 3 is 2.46 bits per heavy atom. The Morgan fingerprint density at radius 2 is 1.82 bits per heavy atom. The van der Waals surface area contributed by atoms with E-state index in [-0.39, 0.29) is 11.1 Å². The van der Waals surface area contributed by atoms with E-state index in [1.807, 2.05) is 30.0 Å². The van der Waals surface area contributed by atoms with Crippen molar-refractivity contribution in [2.45, 2.75) is 11.7 Å². The maximum absolute atomic E-state index is 13.7. The van der Waals surface area contributed by atoms with Crippen molar-refractivity contribution in [3.8, 4) is 11.5 Å². The van der Waals surface area contributed by atoms with E-state index in [2.05, 4.69) is 25.1 Å². The summed E-state index contributed by atoms with van der Waals surface area (Å²) in [6, 6.07) is 12.9. The van der Waals surface area contributed by atoms with Gasteiger partial charge in [-0.3, -0.25) is 0 Å². The smallest absolute Gasteiger partial charge is 0.414 e. The summed E-state index contributed by atoms with van der Waals surface area (Å²) in [5, 5.41) is 15.0. The van der Waals surface area contributed by atoms with E-state index in [1.165, 1.54) is 11.6 Å². The van der Waals surface area contributed by atoms with Gasteiger partial charge in [0.2, 0.25) is 0 Å². The van der Waals surface area contributed by atoms with Crippen molar-refractivity contribution in [1.82, 2.24) is 4.90 Å². The minimum Gasteiger partial charge on any atom is -0.473 e. The predicted molar refractivity (Wildman–Crippen MR) is 106 cm³/mol. The summed E-state index contributed by atoms with van der Waals surface area (Å²) in [6.07, 6.45) is 0.866. The molecule has 1 unspecified atom stereocenters. The lowest BCUT2D eigenvalue weighted by Crippen LogP contribution is -2.15. The summed E-state index contributed by atoms with van der Waals surface area (Å²) in [6.45, 7) is 1.01. The average Bonchev–Trinajstić information content (AvgIpc) is 2.78. The van der Waals surface area contributed by atoms with Gasteiger partial charge in [0.25, 0.3) is 0 Å². The zero-order valence-electron chi connectivity index (χ0n) is 15.6. The lowest BCUT2D eigenvalue weighted by molar-refractivity contribution is -0.159. The number of ether oxygens (including phenoxy) is 1. The lowest BCUT2D eigenvalue weighted by atomic mass is 10.0. The monoisotopic (exact) mass is 407 g/mol. The van der Waals surface area contributed by atoms with Crippen molar-refractivity contribution in [3.05, 3.63) is 59.4 Å². The van der Waals surface area contributed by atoms with Crippen LogP contribution < -0.4 is 4.74 Å². The highest BCUT2D eigenvalue weighted by Crippen LogP contribution is 2.44. The van der Waals surface area contributed by atoms with Crippen molar-refractivity contribution >= 4 is 23.7 Å². The summed E-state index contributed by atoms with van der Waals surface area (Å²) in [5.41, 5.74) is 2.14. The molecule has 2 aromatic carbocycles. The number of fused-ring (bicyclic) bond motifs is 2. The summed E-state index contributed by atoms with van der Waals surface area (Å²) in [7, 11) is 4.14. The molecule has 3 rings (SSSR count). The van der Waals surface area contributed by atoms with Gasteiger partial charge in [0.1, 0.15) is 17.3 Å². The number of benzene rings is 2. The third-order valence-electron chi connectivity index (χ3n) is 3.96. The van der Waals surface area contributed by atoms with E-state index in [4.69, 9.17) is 24.5 Å². The summed E-state index contributed by atoms with van der Waals surface area (Å²) in [4.78, 5) is 20.4. The molecule has 0 spiro atoms. The van der Waals surface area contributed by atoms with E-state index < -0.39 is 11.9 Å². The first-order chi connectivity index (χ1) is 13.3. The van der Waals surface area contributed by atoms with E-state index in [9.17, 15) is 4.39 Å². The van der Waals surface area contributed by atoms with Gasteiger partial charge in [-0.1, -0.05) is 18.2 Å². The molecule has 2 aromatic rings. The maximum Gasteiger partial charge on any atom is 0.414 e. The van der Waals surface area contributed by atoms with Crippen LogP contribution in [-0.4, -0.2) is 53.4 Å². The van der Waals surface area contributed by atoms with Gasteiger partial charge in [-0.2, -0.15) is 11.8 Å². The fourth-order valence-electron chi connectivity index (χ4n) is 2.59. The Balaban J connectivity index is 0.000000409. The summed E-state index contributed by atoms with van der Waals surface area (Å²) >= 11 is 1.87. The van der Waals surface area contributed by atoms with Gasteiger partial charge in [-0.25, -0.2) is 14.0 Å². The van der Waals surface area contributed by atoms with Gasteiger partial charge in [0.05, 0.1) is 0 Å². The highest BCUT2D eigenvalue weighted by molar-refractivity contribution is 7.99. The van der Waals surface area contributed by atoms with Crippen LogP contribution >= 0.6 is 11.8 Å². The van der Waals surface area contributed by atoms with E-state index in [0.717, 1.165) is 35.8 Å². The van der Waals surface area contributed by atoms with E-state index in [1.54, 1.807) is 12.1 Å². The highest BCUT2D eigenvalue weighted by atomic mass is 32.2. The van der Waals surface area contributed by atoms with Crippen LogP contribution in [-0.2, 0) is 16.0 Å². The molecule has 6 nitrogen and oxygen atoms in total. The number of hydrogen-bond acceptors (Lipinski definition) is 5. The van der Waals surface area contributed by atoms with Gasteiger partial charge in [0.15, 0.2) is 0 Å². The molecule has 1 aliphatic heterocycles. The molecule has 0 amide bonds. The van der Waals surface area contributed by atoms with Crippen molar-refractivity contribution in [3.63, 3.8) is 0 Å². The van der Waals surface area contributed by atoms with Crippen molar-refractivity contribution in [1.29, 1.82) is 0 Å². The molecule has 0 saturated heterocycles. The van der Waals surface area contributed by atoms with Gasteiger partial charge in [0, 0.05) is 23.1 Å². The maximum atomic E-state index is 13.7. The number of para-hydroxylation sites is 1. The van der Waals surface area contributed by atoms with Crippen LogP contribution in [0.1, 0.15) is 16.4 Å². The second-order valence-electron chi connectivity index (χ2n) is 6.37.